The molecule has 0 radical (unpaired) electrons. The molecule has 0 saturated heterocycles. The van der Waals surface area contributed by atoms with Crippen LogP contribution in [0.1, 0.15) is 23.7 Å². The van der Waals surface area contributed by atoms with E-state index in [0.717, 1.165) is 6.07 Å². The number of anilines is 1. The summed E-state index contributed by atoms with van der Waals surface area (Å²) in [5.41, 5.74) is 4.21. The number of carbonyl (C=O) groups excluding carboxylic acids is 1. The lowest BCUT2D eigenvalue weighted by Gasteiger charge is -2.23. The Bertz CT molecular complexity index is 597. The SMILES string of the molecule is CC(CC#N)N(C)C(=O)c1cc(F)cc([N+](=O)[O-])c1N. The van der Waals surface area contributed by atoms with Gasteiger partial charge in [0.2, 0.25) is 0 Å². The molecule has 0 fully saturated rings. The summed E-state index contributed by atoms with van der Waals surface area (Å²) in [7, 11) is 1.42. The third-order valence-corrected chi connectivity index (χ3v) is 2.92. The first-order valence-electron chi connectivity index (χ1n) is 5.67. The second-order valence-corrected chi connectivity index (χ2v) is 4.27. The molecule has 0 aliphatic carbocycles. The number of amides is 1. The van der Waals surface area contributed by atoms with Crippen molar-refractivity contribution in [2.75, 3.05) is 12.8 Å². The van der Waals surface area contributed by atoms with Gasteiger partial charge < -0.3 is 10.6 Å². The van der Waals surface area contributed by atoms with E-state index in [1.165, 1.54) is 11.9 Å². The number of benzene rings is 1. The minimum absolute atomic E-state index is 0.0829. The van der Waals surface area contributed by atoms with Crippen LogP contribution in [0.3, 0.4) is 0 Å². The normalized spacial score (nSPS) is 11.5. The summed E-state index contributed by atoms with van der Waals surface area (Å²) in [5, 5.41) is 19.3. The van der Waals surface area contributed by atoms with Gasteiger partial charge in [0, 0.05) is 13.1 Å². The lowest BCUT2D eigenvalue weighted by Crippen LogP contribution is -2.35. The Hall–Kier alpha value is -2.69. The monoisotopic (exact) mass is 280 g/mol. The smallest absolute Gasteiger partial charge is 0.295 e. The first-order valence-corrected chi connectivity index (χ1v) is 5.67. The summed E-state index contributed by atoms with van der Waals surface area (Å²) < 4.78 is 13.4. The van der Waals surface area contributed by atoms with Crippen molar-refractivity contribution in [2.45, 2.75) is 19.4 Å². The Morgan fingerprint density at radius 2 is 2.25 bits per heavy atom. The van der Waals surface area contributed by atoms with Crippen molar-refractivity contribution in [3.05, 3.63) is 33.6 Å². The Labute approximate surface area is 114 Å². The van der Waals surface area contributed by atoms with Gasteiger partial charge in [-0.3, -0.25) is 14.9 Å². The Balaban J connectivity index is 3.23. The quantitative estimate of drug-likeness (QED) is 0.512. The van der Waals surface area contributed by atoms with Crippen molar-refractivity contribution in [3.63, 3.8) is 0 Å². The topological polar surface area (TPSA) is 113 Å². The zero-order valence-electron chi connectivity index (χ0n) is 11.0. The summed E-state index contributed by atoms with van der Waals surface area (Å²) in [4.78, 5) is 23.2. The Kier molecular flexibility index (Phi) is 4.59. The molecule has 0 spiro atoms. The van der Waals surface area contributed by atoms with E-state index >= 15 is 0 Å². The first-order chi connectivity index (χ1) is 9.29. The number of carbonyl (C=O) groups is 1. The average Bonchev–Trinajstić information content (AvgIpc) is 2.39. The van der Waals surface area contributed by atoms with Crippen molar-refractivity contribution in [1.82, 2.24) is 4.90 Å². The Morgan fingerprint density at radius 1 is 1.65 bits per heavy atom. The Morgan fingerprint density at radius 3 is 2.75 bits per heavy atom. The van der Waals surface area contributed by atoms with Crippen LogP contribution in [0.2, 0.25) is 0 Å². The molecule has 7 nitrogen and oxygen atoms in total. The molecule has 1 aromatic rings. The minimum atomic E-state index is -0.921. The fraction of sp³-hybridized carbons (Fsp3) is 0.333. The fourth-order valence-corrected chi connectivity index (χ4v) is 1.59. The predicted octanol–water partition coefficient (Wildman–Crippen LogP) is 1.69. The van der Waals surface area contributed by atoms with Crippen LogP contribution in [0.4, 0.5) is 15.8 Å². The number of nitriles is 1. The van der Waals surface area contributed by atoms with E-state index in [1.807, 2.05) is 6.07 Å². The van der Waals surface area contributed by atoms with Crippen LogP contribution >= 0.6 is 0 Å². The standard InChI is InChI=1S/C12H13FN4O3/c1-7(3-4-14)16(2)12(18)9-5-8(13)6-10(11(9)15)17(19)20/h5-7H,3,15H2,1-2H3. The van der Waals surface area contributed by atoms with Gasteiger partial charge in [0.15, 0.2) is 0 Å². The maximum absolute atomic E-state index is 13.4. The molecule has 1 amide bonds. The summed E-state index contributed by atoms with van der Waals surface area (Å²) in [5.74, 6) is -1.59. The summed E-state index contributed by atoms with van der Waals surface area (Å²) in [6.07, 6.45) is 0.0829. The molecule has 8 heteroatoms. The number of hydrogen-bond acceptors (Lipinski definition) is 5. The molecule has 0 saturated carbocycles. The third kappa shape index (κ3) is 3.00. The fourth-order valence-electron chi connectivity index (χ4n) is 1.59. The molecular formula is C12H13FN4O3. The molecule has 1 unspecified atom stereocenters. The molecule has 0 heterocycles. The zero-order chi connectivity index (χ0) is 15.4. The molecule has 0 aliphatic rings. The number of nitrogens with two attached hydrogens (primary N) is 1. The first kappa shape index (κ1) is 15.4. The van der Waals surface area contributed by atoms with Gasteiger partial charge in [-0.25, -0.2) is 4.39 Å². The van der Waals surface area contributed by atoms with Crippen LogP contribution in [0.5, 0.6) is 0 Å². The largest absolute Gasteiger partial charge is 0.393 e. The van der Waals surface area contributed by atoms with Crippen molar-refractivity contribution in [1.29, 1.82) is 5.26 Å². The molecular weight excluding hydrogens is 267 g/mol. The number of nitrogens with zero attached hydrogens (tertiary/aromatic N) is 3. The van der Waals surface area contributed by atoms with Gasteiger partial charge in [-0.1, -0.05) is 0 Å². The zero-order valence-corrected chi connectivity index (χ0v) is 11.0. The number of halogens is 1. The van der Waals surface area contributed by atoms with Gasteiger partial charge in [-0.15, -0.1) is 0 Å². The van der Waals surface area contributed by atoms with Crippen molar-refractivity contribution in [2.24, 2.45) is 0 Å². The van der Waals surface area contributed by atoms with Crippen LogP contribution in [-0.4, -0.2) is 28.8 Å². The highest BCUT2D eigenvalue weighted by atomic mass is 19.1. The summed E-state index contributed by atoms with van der Waals surface area (Å²) >= 11 is 0. The van der Waals surface area contributed by atoms with Crippen LogP contribution in [-0.2, 0) is 0 Å². The van der Waals surface area contributed by atoms with Crippen LogP contribution in [0.15, 0.2) is 12.1 Å². The highest BCUT2D eigenvalue weighted by Gasteiger charge is 2.25. The van der Waals surface area contributed by atoms with E-state index in [-0.39, 0.29) is 12.0 Å². The molecule has 20 heavy (non-hydrogen) atoms. The van der Waals surface area contributed by atoms with E-state index in [9.17, 15) is 19.3 Å². The summed E-state index contributed by atoms with van der Waals surface area (Å²) in [6.45, 7) is 1.63. The summed E-state index contributed by atoms with van der Waals surface area (Å²) in [6, 6.07) is 2.99. The van der Waals surface area contributed by atoms with Crippen LogP contribution in [0, 0.1) is 27.3 Å². The van der Waals surface area contributed by atoms with E-state index in [2.05, 4.69) is 0 Å². The lowest BCUT2D eigenvalue weighted by atomic mass is 10.1. The van der Waals surface area contributed by atoms with Gasteiger partial charge >= 0.3 is 0 Å². The van der Waals surface area contributed by atoms with Gasteiger partial charge in [0.25, 0.3) is 11.6 Å². The van der Waals surface area contributed by atoms with E-state index < -0.39 is 34.1 Å². The molecule has 1 atom stereocenters. The van der Waals surface area contributed by atoms with E-state index in [1.54, 1.807) is 6.92 Å². The van der Waals surface area contributed by atoms with Crippen LogP contribution < -0.4 is 5.73 Å². The van der Waals surface area contributed by atoms with E-state index in [4.69, 9.17) is 11.0 Å². The predicted molar refractivity (Wildman–Crippen MR) is 69.3 cm³/mol. The second kappa shape index (κ2) is 5.97. The highest BCUT2D eigenvalue weighted by Crippen LogP contribution is 2.28. The molecule has 2 N–H and O–H groups in total. The number of rotatable bonds is 4. The maximum atomic E-state index is 13.4. The second-order valence-electron chi connectivity index (χ2n) is 4.27. The molecule has 0 bridgehead atoms. The number of hydrogen-bond donors (Lipinski definition) is 1. The molecule has 106 valence electrons. The van der Waals surface area contributed by atoms with Crippen molar-refractivity contribution in [3.8, 4) is 6.07 Å². The number of nitro benzene ring substituents is 1. The molecule has 1 aromatic carbocycles. The molecule has 0 aliphatic heterocycles. The van der Waals surface area contributed by atoms with Crippen molar-refractivity contribution >= 4 is 17.3 Å². The van der Waals surface area contributed by atoms with Crippen molar-refractivity contribution < 1.29 is 14.1 Å². The molecule has 0 aromatic heterocycles. The number of nitrogen functional groups attached to an aromatic ring is 1. The van der Waals surface area contributed by atoms with Gasteiger partial charge in [0.1, 0.15) is 11.5 Å². The van der Waals surface area contributed by atoms with Gasteiger partial charge in [-0.05, 0) is 13.0 Å². The third-order valence-electron chi connectivity index (χ3n) is 2.92. The number of nitro groups is 1. The van der Waals surface area contributed by atoms with E-state index in [0.29, 0.717) is 6.07 Å². The van der Waals surface area contributed by atoms with Gasteiger partial charge in [0.05, 0.1) is 29.0 Å². The maximum Gasteiger partial charge on any atom is 0.295 e. The molecule has 1 rings (SSSR count). The minimum Gasteiger partial charge on any atom is -0.393 e. The lowest BCUT2D eigenvalue weighted by molar-refractivity contribution is -0.384. The average molecular weight is 280 g/mol. The highest BCUT2D eigenvalue weighted by molar-refractivity contribution is 6.01. The van der Waals surface area contributed by atoms with Gasteiger partial charge in [-0.2, -0.15) is 5.26 Å². The van der Waals surface area contributed by atoms with Crippen LogP contribution in [0.25, 0.3) is 0 Å².